The first-order valence-corrected chi connectivity index (χ1v) is 5.05. The molecule has 1 nitrogen and oxygen atoms in total. The predicted molar refractivity (Wildman–Crippen MR) is 47.7 cm³/mol. The van der Waals surface area contributed by atoms with Gasteiger partial charge in [0.15, 0.2) is 0 Å². The van der Waals surface area contributed by atoms with E-state index in [0.29, 0.717) is 6.10 Å². The van der Waals surface area contributed by atoms with E-state index in [4.69, 9.17) is 4.74 Å². The minimum atomic E-state index is 0.654. The Morgan fingerprint density at radius 3 is 2.36 bits per heavy atom. The molecule has 1 fully saturated rings. The molecule has 1 aliphatic heterocycles. The lowest BCUT2D eigenvalue weighted by Crippen LogP contribution is -1.85. The number of hydrogen-bond donors (Lipinski definition) is 0. The molecule has 0 bridgehead atoms. The van der Waals surface area contributed by atoms with Gasteiger partial charge >= 0.3 is 0 Å². The van der Waals surface area contributed by atoms with Crippen molar-refractivity contribution in [2.75, 3.05) is 6.61 Å². The highest BCUT2D eigenvalue weighted by Crippen LogP contribution is 2.17. The minimum absolute atomic E-state index is 0.654. The molecule has 0 aliphatic carbocycles. The molecular formula is C10H20O. The SMILES string of the molecule is CCCCCCCCC1CO1. The Morgan fingerprint density at radius 1 is 1.09 bits per heavy atom. The van der Waals surface area contributed by atoms with Crippen molar-refractivity contribution in [1.82, 2.24) is 0 Å². The van der Waals surface area contributed by atoms with Gasteiger partial charge in [0.05, 0.1) is 12.7 Å². The van der Waals surface area contributed by atoms with Gasteiger partial charge in [-0.25, -0.2) is 0 Å². The monoisotopic (exact) mass is 156 g/mol. The molecule has 0 spiro atoms. The summed E-state index contributed by atoms with van der Waals surface area (Å²) in [6.45, 7) is 3.30. The van der Waals surface area contributed by atoms with Gasteiger partial charge in [0, 0.05) is 0 Å². The Kier molecular flexibility index (Phi) is 4.60. The van der Waals surface area contributed by atoms with Crippen LogP contribution in [0.3, 0.4) is 0 Å². The maximum absolute atomic E-state index is 5.14. The molecule has 0 N–H and O–H groups in total. The first-order chi connectivity index (χ1) is 5.43. The molecule has 0 aromatic rings. The first kappa shape index (κ1) is 9.05. The largest absolute Gasteiger partial charge is 0.373 e. The third kappa shape index (κ3) is 5.25. The third-order valence-electron chi connectivity index (χ3n) is 2.28. The minimum Gasteiger partial charge on any atom is -0.373 e. The van der Waals surface area contributed by atoms with E-state index in [1.807, 2.05) is 0 Å². The molecule has 0 aromatic carbocycles. The van der Waals surface area contributed by atoms with Crippen molar-refractivity contribution in [2.24, 2.45) is 0 Å². The predicted octanol–water partition coefficient (Wildman–Crippen LogP) is 3.14. The van der Waals surface area contributed by atoms with Gasteiger partial charge in [-0.3, -0.25) is 0 Å². The number of ether oxygens (including phenoxy) is 1. The average Bonchev–Trinajstić information content (AvgIpc) is 2.80. The number of rotatable bonds is 7. The molecule has 0 amide bonds. The van der Waals surface area contributed by atoms with Crippen molar-refractivity contribution in [3.05, 3.63) is 0 Å². The Balaban J connectivity index is 1.66. The summed E-state index contributed by atoms with van der Waals surface area (Å²) in [5.41, 5.74) is 0. The van der Waals surface area contributed by atoms with Crippen LogP contribution in [0, 0.1) is 0 Å². The highest BCUT2D eigenvalue weighted by atomic mass is 16.6. The molecule has 1 heterocycles. The van der Waals surface area contributed by atoms with Crippen molar-refractivity contribution in [3.63, 3.8) is 0 Å². The summed E-state index contributed by atoms with van der Waals surface area (Å²) < 4.78 is 5.14. The Bertz CT molecular complexity index is 86.9. The second kappa shape index (κ2) is 5.59. The zero-order chi connectivity index (χ0) is 7.94. The van der Waals surface area contributed by atoms with E-state index in [-0.39, 0.29) is 0 Å². The summed E-state index contributed by atoms with van der Waals surface area (Å²) >= 11 is 0. The van der Waals surface area contributed by atoms with Crippen molar-refractivity contribution in [2.45, 2.75) is 58.0 Å². The van der Waals surface area contributed by atoms with Gasteiger partial charge in [0.1, 0.15) is 0 Å². The number of hydrogen-bond acceptors (Lipinski definition) is 1. The highest BCUT2D eigenvalue weighted by molar-refractivity contribution is 4.68. The fraction of sp³-hybridized carbons (Fsp3) is 1.00. The molecule has 1 atom stereocenters. The van der Waals surface area contributed by atoms with Gasteiger partial charge in [0.25, 0.3) is 0 Å². The summed E-state index contributed by atoms with van der Waals surface area (Å²) in [5.74, 6) is 0. The molecule has 0 aromatic heterocycles. The van der Waals surface area contributed by atoms with Crippen molar-refractivity contribution < 1.29 is 4.74 Å². The number of unbranched alkanes of at least 4 members (excludes halogenated alkanes) is 5. The lowest BCUT2D eigenvalue weighted by atomic mass is 10.1. The Morgan fingerprint density at radius 2 is 1.73 bits per heavy atom. The van der Waals surface area contributed by atoms with E-state index in [1.165, 1.54) is 44.9 Å². The summed E-state index contributed by atoms with van der Waals surface area (Å²) in [7, 11) is 0. The van der Waals surface area contributed by atoms with Crippen LogP contribution < -0.4 is 0 Å². The van der Waals surface area contributed by atoms with Crippen LogP contribution in [0.2, 0.25) is 0 Å². The van der Waals surface area contributed by atoms with Gasteiger partial charge < -0.3 is 4.74 Å². The number of epoxide rings is 1. The lowest BCUT2D eigenvalue weighted by Gasteiger charge is -1.97. The summed E-state index contributed by atoms with van der Waals surface area (Å²) in [6, 6.07) is 0. The van der Waals surface area contributed by atoms with Crippen molar-refractivity contribution in [3.8, 4) is 0 Å². The van der Waals surface area contributed by atoms with E-state index in [2.05, 4.69) is 6.92 Å². The molecular weight excluding hydrogens is 136 g/mol. The third-order valence-corrected chi connectivity index (χ3v) is 2.28. The maximum Gasteiger partial charge on any atom is 0.0810 e. The molecule has 0 radical (unpaired) electrons. The van der Waals surface area contributed by atoms with Gasteiger partial charge in [-0.2, -0.15) is 0 Å². The van der Waals surface area contributed by atoms with Crippen LogP contribution >= 0.6 is 0 Å². The van der Waals surface area contributed by atoms with Crippen LogP contribution in [0.25, 0.3) is 0 Å². The van der Waals surface area contributed by atoms with E-state index in [9.17, 15) is 0 Å². The van der Waals surface area contributed by atoms with Crippen LogP contribution in [-0.2, 0) is 4.74 Å². The molecule has 1 aliphatic rings. The first-order valence-electron chi connectivity index (χ1n) is 5.05. The van der Waals surface area contributed by atoms with Crippen molar-refractivity contribution in [1.29, 1.82) is 0 Å². The second-order valence-electron chi connectivity index (χ2n) is 3.51. The lowest BCUT2D eigenvalue weighted by molar-refractivity contribution is 0.387. The van der Waals surface area contributed by atoms with Crippen LogP contribution in [0.15, 0.2) is 0 Å². The fourth-order valence-electron chi connectivity index (χ4n) is 1.39. The molecule has 1 unspecified atom stereocenters. The second-order valence-corrected chi connectivity index (χ2v) is 3.51. The Hall–Kier alpha value is -0.0400. The molecule has 0 saturated carbocycles. The smallest absolute Gasteiger partial charge is 0.0810 e. The zero-order valence-corrected chi connectivity index (χ0v) is 7.64. The molecule has 1 rings (SSSR count). The highest BCUT2D eigenvalue weighted by Gasteiger charge is 2.20. The standard InChI is InChI=1S/C10H20O/c1-2-3-4-5-6-7-8-10-9-11-10/h10H,2-9H2,1H3. The Labute approximate surface area is 70.1 Å². The average molecular weight is 156 g/mol. The zero-order valence-electron chi connectivity index (χ0n) is 7.64. The quantitative estimate of drug-likeness (QED) is 0.407. The van der Waals surface area contributed by atoms with Gasteiger partial charge in [-0.15, -0.1) is 0 Å². The fourth-order valence-corrected chi connectivity index (χ4v) is 1.39. The molecule has 1 heteroatoms. The van der Waals surface area contributed by atoms with E-state index >= 15 is 0 Å². The van der Waals surface area contributed by atoms with Crippen LogP contribution in [0.4, 0.5) is 0 Å². The van der Waals surface area contributed by atoms with Crippen LogP contribution in [0.5, 0.6) is 0 Å². The van der Waals surface area contributed by atoms with E-state index in [1.54, 1.807) is 0 Å². The molecule has 66 valence electrons. The van der Waals surface area contributed by atoms with Gasteiger partial charge in [-0.1, -0.05) is 45.4 Å². The maximum atomic E-state index is 5.14. The topological polar surface area (TPSA) is 12.5 Å². The van der Waals surface area contributed by atoms with Crippen LogP contribution in [-0.4, -0.2) is 12.7 Å². The van der Waals surface area contributed by atoms with E-state index < -0.39 is 0 Å². The molecule has 1 saturated heterocycles. The summed E-state index contributed by atoms with van der Waals surface area (Å²) in [6.07, 6.45) is 10.4. The van der Waals surface area contributed by atoms with Crippen LogP contribution in [0.1, 0.15) is 51.9 Å². The van der Waals surface area contributed by atoms with Crippen molar-refractivity contribution >= 4 is 0 Å². The summed E-state index contributed by atoms with van der Waals surface area (Å²) in [4.78, 5) is 0. The summed E-state index contributed by atoms with van der Waals surface area (Å²) in [5, 5.41) is 0. The molecule has 11 heavy (non-hydrogen) atoms. The van der Waals surface area contributed by atoms with Gasteiger partial charge in [-0.05, 0) is 6.42 Å². The van der Waals surface area contributed by atoms with E-state index in [0.717, 1.165) is 6.61 Å². The van der Waals surface area contributed by atoms with Gasteiger partial charge in [0.2, 0.25) is 0 Å². The normalized spacial score (nSPS) is 22.1.